The largest absolute Gasteiger partial charge is 0.300 e. The number of hydrogen-bond acceptors (Lipinski definition) is 4. The molecule has 5 nitrogen and oxygen atoms in total. The van der Waals surface area contributed by atoms with Gasteiger partial charge >= 0.3 is 0 Å². The third kappa shape index (κ3) is 3.17. The van der Waals surface area contributed by atoms with Crippen molar-refractivity contribution >= 4 is 33.3 Å². The van der Waals surface area contributed by atoms with Crippen LogP contribution in [0.25, 0.3) is 10.9 Å². The molecule has 0 spiro atoms. The number of rotatable bonds is 3. The maximum atomic E-state index is 12.8. The van der Waals surface area contributed by atoms with Crippen LogP contribution in [0.3, 0.4) is 0 Å². The van der Waals surface area contributed by atoms with Crippen molar-refractivity contribution in [1.29, 1.82) is 0 Å². The molecule has 0 aliphatic carbocycles. The second-order valence-electron chi connectivity index (χ2n) is 6.84. The van der Waals surface area contributed by atoms with E-state index in [1.807, 2.05) is 40.7 Å². The number of aromatic nitrogens is 2. The number of benzene rings is 1. The highest BCUT2D eigenvalue weighted by molar-refractivity contribution is 7.15. The van der Waals surface area contributed by atoms with Crippen molar-refractivity contribution in [2.75, 3.05) is 5.32 Å². The van der Waals surface area contributed by atoms with Gasteiger partial charge in [-0.05, 0) is 58.7 Å². The number of anilines is 1. The number of thiazole rings is 1. The monoisotopic (exact) mass is 369 g/mol. The fraction of sp³-hybridized carbons (Fsp3) is 0.350. The standard InChI is InChI=1S/C20H23N3O2S/c1-10-7-12(3)18-16(8-10)11(2)9-17(24)23(18)14(5)19(25)22-20-21-13(4)15(6)26-20/h7-9,14H,1-6H3,(H,21,22,25). The van der Waals surface area contributed by atoms with E-state index in [0.29, 0.717) is 5.13 Å². The lowest BCUT2D eigenvalue weighted by Gasteiger charge is -2.20. The zero-order valence-corrected chi connectivity index (χ0v) is 16.7. The molecule has 0 bridgehead atoms. The average molecular weight is 369 g/mol. The number of aryl methyl sites for hydroxylation is 5. The molecule has 1 amide bonds. The molecule has 1 aromatic carbocycles. The molecule has 0 saturated carbocycles. The van der Waals surface area contributed by atoms with Gasteiger partial charge in [0.05, 0.1) is 11.2 Å². The van der Waals surface area contributed by atoms with Gasteiger partial charge in [0, 0.05) is 16.3 Å². The van der Waals surface area contributed by atoms with Crippen molar-refractivity contribution in [2.24, 2.45) is 0 Å². The van der Waals surface area contributed by atoms with E-state index in [2.05, 4.69) is 16.4 Å². The van der Waals surface area contributed by atoms with Crippen LogP contribution in [-0.2, 0) is 4.79 Å². The Morgan fingerprint density at radius 1 is 1.12 bits per heavy atom. The molecule has 0 aliphatic rings. The molecule has 26 heavy (non-hydrogen) atoms. The normalized spacial score (nSPS) is 12.4. The van der Waals surface area contributed by atoms with Crippen LogP contribution in [0.1, 0.15) is 40.2 Å². The van der Waals surface area contributed by atoms with Gasteiger partial charge in [0.15, 0.2) is 5.13 Å². The van der Waals surface area contributed by atoms with Crippen LogP contribution in [0.2, 0.25) is 0 Å². The van der Waals surface area contributed by atoms with Gasteiger partial charge in [-0.15, -0.1) is 11.3 Å². The Morgan fingerprint density at radius 3 is 2.42 bits per heavy atom. The Morgan fingerprint density at radius 2 is 1.81 bits per heavy atom. The predicted octanol–water partition coefficient (Wildman–Crippen LogP) is 4.20. The molecule has 2 aromatic heterocycles. The van der Waals surface area contributed by atoms with E-state index in [1.54, 1.807) is 17.6 Å². The minimum atomic E-state index is -0.642. The van der Waals surface area contributed by atoms with Gasteiger partial charge in [0.2, 0.25) is 5.91 Å². The molecular formula is C20H23N3O2S. The smallest absolute Gasteiger partial charge is 0.252 e. The number of pyridine rings is 1. The Hall–Kier alpha value is -2.47. The number of carbonyl (C=O) groups is 1. The molecule has 1 atom stereocenters. The van der Waals surface area contributed by atoms with E-state index in [1.165, 1.54) is 11.3 Å². The molecule has 136 valence electrons. The van der Waals surface area contributed by atoms with E-state index < -0.39 is 6.04 Å². The first-order valence-electron chi connectivity index (χ1n) is 8.57. The first kappa shape index (κ1) is 18.3. The minimum absolute atomic E-state index is 0.170. The first-order chi connectivity index (χ1) is 12.2. The summed E-state index contributed by atoms with van der Waals surface area (Å²) in [6.45, 7) is 11.6. The number of fused-ring (bicyclic) bond motifs is 1. The van der Waals surface area contributed by atoms with E-state index in [-0.39, 0.29) is 11.5 Å². The quantitative estimate of drug-likeness (QED) is 0.752. The molecule has 0 radical (unpaired) electrons. The van der Waals surface area contributed by atoms with Gasteiger partial charge in [-0.1, -0.05) is 11.6 Å². The highest BCUT2D eigenvalue weighted by Crippen LogP contribution is 2.26. The van der Waals surface area contributed by atoms with E-state index in [9.17, 15) is 9.59 Å². The summed E-state index contributed by atoms with van der Waals surface area (Å²) < 4.78 is 1.58. The summed E-state index contributed by atoms with van der Waals surface area (Å²) in [5.41, 5.74) is 4.59. The first-order valence-corrected chi connectivity index (χ1v) is 9.38. The number of carbonyl (C=O) groups excluding carboxylic acids is 1. The SMILES string of the molecule is Cc1cc(C)c2c(c1)c(C)cc(=O)n2C(C)C(=O)Nc1nc(C)c(C)s1. The zero-order chi connectivity index (χ0) is 19.2. The topological polar surface area (TPSA) is 64.0 Å². The Balaban J connectivity index is 2.09. The van der Waals surface area contributed by atoms with Crippen LogP contribution in [0.15, 0.2) is 23.0 Å². The third-order valence-corrected chi connectivity index (χ3v) is 5.70. The van der Waals surface area contributed by atoms with Crippen molar-refractivity contribution in [1.82, 2.24) is 9.55 Å². The van der Waals surface area contributed by atoms with Crippen molar-refractivity contribution in [3.05, 3.63) is 55.8 Å². The number of amides is 1. The molecular weight excluding hydrogens is 346 g/mol. The highest BCUT2D eigenvalue weighted by atomic mass is 32.1. The van der Waals surface area contributed by atoms with Gasteiger partial charge in [-0.3, -0.25) is 14.2 Å². The summed E-state index contributed by atoms with van der Waals surface area (Å²) in [6.07, 6.45) is 0. The summed E-state index contributed by atoms with van der Waals surface area (Å²) in [6, 6.07) is 5.06. The van der Waals surface area contributed by atoms with E-state index in [0.717, 1.165) is 38.2 Å². The van der Waals surface area contributed by atoms with Crippen LogP contribution < -0.4 is 10.9 Å². The second kappa shape index (κ2) is 6.68. The van der Waals surface area contributed by atoms with Crippen molar-refractivity contribution in [3.8, 4) is 0 Å². The zero-order valence-electron chi connectivity index (χ0n) is 15.9. The lowest BCUT2D eigenvalue weighted by molar-refractivity contribution is -0.118. The molecule has 3 aromatic rings. The summed E-state index contributed by atoms with van der Waals surface area (Å²) in [5, 5.41) is 4.41. The lowest BCUT2D eigenvalue weighted by atomic mass is 10.0. The summed E-state index contributed by atoms with van der Waals surface area (Å²) >= 11 is 1.44. The Labute approximate surface area is 156 Å². The van der Waals surface area contributed by atoms with Gasteiger partial charge in [-0.2, -0.15) is 0 Å². The van der Waals surface area contributed by atoms with E-state index >= 15 is 0 Å². The summed E-state index contributed by atoms with van der Waals surface area (Å²) in [5.74, 6) is -0.244. The van der Waals surface area contributed by atoms with Crippen molar-refractivity contribution in [2.45, 2.75) is 47.6 Å². The fourth-order valence-corrected chi connectivity index (χ4v) is 4.08. The van der Waals surface area contributed by atoms with Crippen LogP contribution in [0.5, 0.6) is 0 Å². The molecule has 1 N–H and O–H groups in total. The fourth-order valence-electron chi connectivity index (χ4n) is 3.26. The number of nitrogens with zero attached hydrogens (tertiary/aromatic N) is 2. The molecule has 0 aliphatic heterocycles. The van der Waals surface area contributed by atoms with E-state index in [4.69, 9.17) is 0 Å². The van der Waals surface area contributed by atoms with Crippen LogP contribution in [0.4, 0.5) is 5.13 Å². The van der Waals surface area contributed by atoms with Gasteiger partial charge in [-0.25, -0.2) is 4.98 Å². The van der Waals surface area contributed by atoms with Crippen molar-refractivity contribution < 1.29 is 4.79 Å². The Kier molecular flexibility index (Phi) is 4.71. The number of nitrogens with one attached hydrogen (secondary N) is 1. The molecule has 2 heterocycles. The molecule has 0 fully saturated rings. The summed E-state index contributed by atoms with van der Waals surface area (Å²) in [7, 11) is 0. The van der Waals surface area contributed by atoms with Gasteiger partial charge < -0.3 is 5.32 Å². The maximum Gasteiger partial charge on any atom is 0.252 e. The van der Waals surface area contributed by atoms with Crippen LogP contribution in [-0.4, -0.2) is 15.5 Å². The van der Waals surface area contributed by atoms with Crippen LogP contribution >= 0.6 is 11.3 Å². The Bertz CT molecular complexity index is 1060. The van der Waals surface area contributed by atoms with Gasteiger partial charge in [0.1, 0.15) is 6.04 Å². The molecule has 0 saturated heterocycles. The lowest BCUT2D eigenvalue weighted by Crippen LogP contribution is -2.32. The maximum absolute atomic E-state index is 12.8. The van der Waals surface area contributed by atoms with Crippen molar-refractivity contribution in [3.63, 3.8) is 0 Å². The molecule has 3 rings (SSSR count). The molecule has 6 heteroatoms. The highest BCUT2D eigenvalue weighted by Gasteiger charge is 2.21. The molecule has 1 unspecified atom stereocenters. The minimum Gasteiger partial charge on any atom is -0.300 e. The number of hydrogen-bond donors (Lipinski definition) is 1. The second-order valence-corrected chi connectivity index (χ2v) is 8.04. The summed E-state index contributed by atoms with van der Waals surface area (Å²) in [4.78, 5) is 30.9. The predicted molar refractivity (Wildman–Crippen MR) is 107 cm³/mol. The third-order valence-electron chi connectivity index (χ3n) is 4.71. The van der Waals surface area contributed by atoms with Gasteiger partial charge in [0.25, 0.3) is 5.56 Å². The van der Waals surface area contributed by atoms with Crippen LogP contribution in [0, 0.1) is 34.6 Å². The average Bonchev–Trinajstić information content (AvgIpc) is 2.85.